The van der Waals surface area contributed by atoms with Crippen LogP contribution < -0.4 is 15.1 Å². The number of halogens is 3. The summed E-state index contributed by atoms with van der Waals surface area (Å²) in [7, 11) is 1.49. The molecule has 0 saturated heterocycles. The second-order valence-electron chi connectivity index (χ2n) is 7.09. The number of aromatic nitrogens is 2. The monoisotopic (exact) mass is 442 g/mol. The van der Waals surface area contributed by atoms with Crippen molar-refractivity contribution < 1.29 is 22.7 Å². The topological polar surface area (TPSA) is 82.5 Å². The Kier molecular flexibility index (Phi) is 5.09. The molecule has 1 aliphatic rings. The Morgan fingerprint density at radius 1 is 1.12 bits per heavy atom. The number of ether oxygens (including phenoxy) is 1. The van der Waals surface area contributed by atoms with E-state index in [4.69, 9.17) is 10.5 Å². The van der Waals surface area contributed by atoms with E-state index < -0.39 is 22.4 Å². The second-order valence-corrected chi connectivity index (χ2v) is 7.09. The van der Waals surface area contributed by atoms with Crippen molar-refractivity contribution in [2.24, 2.45) is 10.8 Å². The molecule has 1 unspecified atom stereocenters. The Morgan fingerprint density at radius 3 is 2.34 bits per heavy atom. The van der Waals surface area contributed by atoms with Crippen LogP contribution in [0.1, 0.15) is 16.2 Å². The fraction of sp³-hybridized carbons (Fsp3) is 0.136. The number of hydrogen-bond donors (Lipinski definition) is 1. The molecule has 2 aromatic carbocycles. The number of amides is 1. The van der Waals surface area contributed by atoms with Gasteiger partial charge in [0.2, 0.25) is 5.71 Å². The fourth-order valence-electron chi connectivity index (χ4n) is 3.59. The van der Waals surface area contributed by atoms with Crippen molar-refractivity contribution in [1.29, 1.82) is 0 Å². The Bertz CT molecular complexity index is 1250. The van der Waals surface area contributed by atoms with Gasteiger partial charge in [-0.2, -0.15) is 13.2 Å². The first kappa shape index (κ1) is 21.3. The van der Waals surface area contributed by atoms with Gasteiger partial charge < -0.3 is 15.0 Å². The molecular weight excluding hydrogens is 423 g/mol. The highest BCUT2D eigenvalue weighted by atomic mass is 19.4. The molecule has 0 saturated carbocycles. The Labute approximate surface area is 181 Å². The van der Waals surface area contributed by atoms with Gasteiger partial charge in [0.1, 0.15) is 17.8 Å². The zero-order chi connectivity index (χ0) is 23.1. The van der Waals surface area contributed by atoms with E-state index in [0.717, 1.165) is 6.08 Å². The number of primary amides is 1. The van der Waals surface area contributed by atoms with Crippen LogP contribution in [0.2, 0.25) is 0 Å². The average molecular weight is 442 g/mol. The van der Waals surface area contributed by atoms with E-state index in [-0.39, 0.29) is 5.56 Å². The third-order valence-corrected chi connectivity index (χ3v) is 5.19. The summed E-state index contributed by atoms with van der Waals surface area (Å²) >= 11 is 0. The molecular formula is C22H19F3N5O2+. The molecule has 0 aliphatic carbocycles. The van der Waals surface area contributed by atoms with Gasteiger partial charge >= 0.3 is 6.18 Å². The van der Waals surface area contributed by atoms with E-state index in [0.29, 0.717) is 28.6 Å². The molecule has 0 radical (unpaired) electrons. The number of methoxy groups -OCH3 is 1. The Morgan fingerprint density at radius 2 is 1.81 bits per heavy atom. The number of imidazole rings is 1. The number of quaternary nitrogens is 1. The zero-order valence-electron chi connectivity index (χ0n) is 17.2. The molecule has 10 heteroatoms. The summed E-state index contributed by atoms with van der Waals surface area (Å²) in [6, 6.07) is 11.2. The van der Waals surface area contributed by atoms with Crippen molar-refractivity contribution in [2.75, 3.05) is 7.11 Å². The quantitative estimate of drug-likeness (QED) is 0.596. The summed E-state index contributed by atoms with van der Waals surface area (Å²) in [4.78, 5) is 16.4. The molecule has 1 aliphatic heterocycles. The first-order valence-electron chi connectivity index (χ1n) is 9.50. The van der Waals surface area contributed by atoms with E-state index in [1.165, 1.54) is 19.4 Å². The lowest BCUT2D eigenvalue weighted by molar-refractivity contribution is -0.0580. The number of nitrogens with two attached hydrogens (primary N) is 1. The van der Waals surface area contributed by atoms with Gasteiger partial charge in [-0.3, -0.25) is 4.79 Å². The van der Waals surface area contributed by atoms with Crippen molar-refractivity contribution in [2.45, 2.75) is 13.1 Å². The minimum absolute atomic E-state index is 0.124. The van der Waals surface area contributed by atoms with Crippen LogP contribution in [-0.2, 0) is 0 Å². The molecule has 0 fully saturated rings. The third kappa shape index (κ3) is 3.54. The molecule has 1 atom stereocenters. The van der Waals surface area contributed by atoms with Crippen LogP contribution in [0.5, 0.6) is 5.75 Å². The summed E-state index contributed by atoms with van der Waals surface area (Å²) in [5, 5.41) is 4.00. The molecule has 2 N–H and O–H groups in total. The summed E-state index contributed by atoms with van der Waals surface area (Å²) < 4.78 is 46.6. The van der Waals surface area contributed by atoms with Crippen molar-refractivity contribution in [3.63, 3.8) is 0 Å². The second kappa shape index (κ2) is 7.65. The molecule has 4 rings (SSSR count). The maximum atomic E-state index is 13.5. The third-order valence-electron chi connectivity index (χ3n) is 5.19. The van der Waals surface area contributed by atoms with Gasteiger partial charge in [0.05, 0.1) is 18.4 Å². The van der Waals surface area contributed by atoms with Gasteiger partial charge in [-0.25, -0.2) is 4.98 Å². The van der Waals surface area contributed by atoms with Crippen LogP contribution in [0, 0.1) is 6.92 Å². The van der Waals surface area contributed by atoms with Gasteiger partial charge in [-0.05, 0) is 25.1 Å². The number of benzene rings is 2. The summed E-state index contributed by atoms with van der Waals surface area (Å²) in [5.41, 5.74) is 5.90. The minimum Gasteiger partial charge on any atom is -0.497 e. The zero-order valence-corrected chi connectivity index (χ0v) is 17.2. The highest BCUT2D eigenvalue weighted by Gasteiger charge is 2.46. The van der Waals surface area contributed by atoms with Crippen LogP contribution in [0.25, 0.3) is 5.69 Å². The van der Waals surface area contributed by atoms with E-state index in [2.05, 4.69) is 10.1 Å². The maximum absolute atomic E-state index is 13.5. The van der Waals surface area contributed by atoms with Gasteiger partial charge in [0, 0.05) is 42.7 Å². The molecule has 2 heterocycles. The number of carbonyl (C=O) groups is 1. The van der Waals surface area contributed by atoms with Gasteiger partial charge in [0.25, 0.3) is 5.91 Å². The first-order valence-corrected chi connectivity index (χ1v) is 9.50. The number of hydrogen-bond acceptors (Lipinski definition) is 4. The van der Waals surface area contributed by atoms with Crippen molar-refractivity contribution in [1.82, 2.24) is 14.1 Å². The molecule has 0 bridgehead atoms. The lowest BCUT2D eigenvalue weighted by Gasteiger charge is -2.26. The number of nitrogens with zero attached hydrogens (tertiary/aromatic N) is 4. The molecule has 0 spiro atoms. The number of carbonyl (C=O) groups excluding carboxylic acids is 1. The van der Waals surface area contributed by atoms with E-state index in [9.17, 15) is 18.0 Å². The van der Waals surface area contributed by atoms with Crippen LogP contribution in [0.15, 0.2) is 72.2 Å². The summed E-state index contributed by atoms with van der Waals surface area (Å²) in [6.07, 6.45) is 0.834. The fourth-order valence-corrected chi connectivity index (χ4v) is 3.59. The highest BCUT2D eigenvalue weighted by molar-refractivity contribution is 6.03. The normalized spacial score (nSPS) is 18.0. The molecule has 1 aromatic heterocycles. The van der Waals surface area contributed by atoms with E-state index in [1.54, 1.807) is 60.3 Å². The van der Waals surface area contributed by atoms with Gasteiger partial charge in [-0.1, -0.05) is 5.10 Å². The largest absolute Gasteiger partial charge is 0.497 e. The molecule has 164 valence electrons. The summed E-state index contributed by atoms with van der Waals surface area (Å²) in [5.74, 6) is 0.433. The SMILES string of the molecule is COc1ccc([N+]2(c3ccc(-n4ccnc4C)c(C(N)=O)c3)C=CC(C(F)(F)F)=N2)cc1. The van der Waals surface area contributed by atoms with Gasteiger partial charge in [0.15, 0.2) is 11.4 Å². The van der Waals surface area contributed by atoms with Crippen LogP contribution in [0.3, 0.4) is 0 Å². The smallest absolute Gasteiger partial charge is 0.438 e. The average Bonchev–Trinajstić information content (AvgIpc) is 3.41. The molecule has 7 nitrogen and oxygen atoms in total. The Balaban J connectivity index is 1.94. The number of alkyl halides is 3. The number of rotatable bonds is 5. The van der Waals surface area contributed by atoms with E-state index in [1.807, 2.05) is 0 Å². The minimum atomic E-state index is -4.64. The number of aryl methyl sites for hydroxylation is 1. The Hall–Kier alpha value is -3.92. The van der Waals surface area contributed by atoms with Crippen molar-refractivity contribution in [3.05, 3.63) is 78.5 Å². The molecule has 1 amide bonds. The van der Waals surface area contributed by atoms with Crippen molar-refractivity contribution >= 4 is 23.0 Å². The van der Waals surface area contributed by atoms with Crippen LogP contribution >= 0.6 is 0 Å². The maximum Gasteiger partial charge on any atom is 0.438 e. The van der Waals surface area contributed by atoms with Crippen molar-refractivity contribution in [3.8, 4) is 11.4 Å². The first-order chi connectivity index (χ1) is 15.2. The number of allylic oxidation sites excluding steroid dienone is 1. The van der Waals surface area contributed by atoms with Crippen LogP contribution in [-0.4, -0.2) is 34.5 Å². The highest BCUT2D eigenvalue weighted by Crippen LogP contribution is 2.42. The lowest BCUT2D eigenvalue weighted by Crippen LogP contribution is -2.32. The van der Waals surface area contributed by atoms with Crippen LogP contribution in [0.4, 0.5) is 24.5 Å². The molecule has 3 aromatic rings. The molecule has 32 heavy (non-hydrogen) atoms. The van der Waals surface area contributed by atoms with E-state index >= 15 is 0 Å². The predicted molar refractivity (Wildman–Crippen MR) is 114 cm³/mol. The lowest BCUT2D eigenvalue weighted by atomic mass is 10.1. The predicted octanol–water partition coefficient (Wildman–Crippen LogP) is 4.37. The summed E-state index contributed by atoms with van der Waals surface area (Å²) in [6.45, 7) is 1.76. The van der Waals surface area contributed by atoms with Gasteiger partial charge in [-0.15, -0.1) is 4.59 Å². The standard InChI is InChI=1S/C22H18F3N5O2/c1-14-27-10-11-29(14)19-8-5-16(13-18(19)21(26)31)30(12-9-20(28-30)22(23,24)25)15-3-6-17(32-2)7-4-15/h3-13H,1-2H3,(H-,26,31)/p+1.